The van der Waals surface area contributed by atoms with Gasteiger partial charge in [0.15, 0.2) is 5.82 Å². The van der Waals surface area contributed by atoms with Gasteiger partial charge in [-0.15, -0.1) is 0 Å². The highest BCUT2D eigenvalue weighted by Crippen LogP contribution is 2.07. The van der Waals surface area contributed by atoms with Crippen molar-refractivity contribution in [2.24, 2.45) is 0 Å². The molecule has 104 valence electrons. The van der Waals surface area contributed by atoms with Crippen LogP contribution in [0.2, 0.25) is 0 Å². The van der Waals surface area contributed by atoms with Crippen LogP contribution in [0.4, 0.5) is 13.6 Å². The first-order chi connectivity index (χ1) is 8.78. The maximum Gasteiger partial charge on any atom is 0.407 e. The molecule has 0 atom stereocenters. The third-order valence-corrected chi connectivity index (χ3v) is 1.89. The van der Waals surface area contributed by atoms with Gasteiger partial charge in [-0.3, -0.25) is 0 Å². The fraction of sp³-hybridized carbons (Fsp3) is 0.385. The zero-order valence-electron chi connectivity index (χ0n) is 11.0. The van der Waals surface area contributed by atoms with E-state index < -0.39 is 23.5 Å². The summed E-state index contributed by atoms with van der Waals surface area (Å²) in [4.78, 5) is 14.5. The van der Waals surface area contributed by atoms with E-state index in [0.717, 1.165) is 6.07 Å². The number of hydrogen-bond donors (Lipinski definition) is 1. The van der Waals surface area contributed by atoms with Crippen molar-refractivity contribution in [3.05, 3.63) is 35.7 Å². The van der Waals surface area contributed by atoms with Crippen molar-refractivity contribution in [3.63, 3.8) is 0 Å². The summed E-state index contributed by atoms with van der Waals surface area (Å²) in [6.45, 7) is 5.49. The summed E-state index contributed by atoms with van der Waals surface area (Å²) in [7, 11) is 0. The molecule has 0 unspecified atom stereocenters. The number of rotatable bonds is 3. The van der Waals surface area contributed by atoms with E-state index in [4.69, 9.17) is 4.74 Å². The predicted octanol–water partition coefficient (Wildman–Crippen LogP) is 2.90. The molecule has 0 aliphatic carbocycles. The normalized spacial score (nSPS) is 11.6. The van der Waals surface area contributed by atoms with Gasteiger partial charge in [0, 0.05) is 12.7 Å². The maximum atomic E-state index is 12.8. The van der Waals surface area contributed by atoms with Crippen LogP contribution in [0.3, 0.4) is 0 Å². The summed E-state index contributed by atoms with van der Waals surface area (Å²) < 4.78 is 30.4. The Morgan fingerprint density at radius 2 is 2.16 bits per heavy atom. The molecular formula is C13H16F2N2O2. The first-order valence-electron chi connectivity index (χ1n) is 5.72. The molecule has 1 aromatic rings. The number of amides is 1. The van der Waals surface area contributed by atoms with Crippen LogP contribution in [-0.2, 0) is 4.74 Å². The summed E-state index contributed by atoms with van der Waals surface area (Å²) >= 11 is 0. The van der Waals surface area contributed by atoms with Crippen molar-refractivity contribution in [3.8, 4) is 0 Å². The molecule has 0 spiro atoms. The Balaban J connectivity index is 2.42. The fourth-order valence-electron chi connectivity index (χ4n) is 1.18. The Hall–Kier alpha value is -1.98. The van der Waals surface area contributed by atoms with E-state index in [0.29, 0.717) is 5.56 Å². The molecule has 0 aliphatic rings. The van der Waals surface area contributed by atoms with E-state index in [9.17, 15) is 13.6 Å². The van der Waals surface area contributed by atoms with Crippen LogP contribution >= 0.6 is 0 Å². The number of alkyl carbamates (subject to hydrolysis) is 1. The number of aromatic nitrogens is 1. The summed E-state index contributed by atoms with van der Waals surface area (Å²) in [6.07, 6.45) is 3.76. The number of pyridine rings is 1. The maximum absolute atomic E-state index is 12.8. The molecule has 1 heterocycles. The molecule has 0 aliphatic heterocycles. The number of nitrogens with zero attached hydrogens (tertiary/aromatic N) is 1. The van der Waals surface area contributed by atoms with Crippen molar-refractivity contribution >= 4 is 12.2 Å². The Morgan fingerprint density at radius 1 is 1.47 bits per heavy atom. The van der Waals surface area contributed by atoms with Gasteiger partial charge in [0.25, 0.3) is 0 Å². The van der Waals surface area contributed by atoms with E-state index in [2.05, 4.69) is 10.3 Å². The highest BCUT2D eigenvalue weighted by atomic mass is 19.2. The highest BCUT2D eigenvalue weighted by Gasteiger charge is 2.14. The van der Waals surface area contributed by atoms with Crippen LogP contribution in [-0.4, -0.2) is 23.2 Å². The first kappa shape index (κ1) is 15.1. The quantitative estimate of drug-likeness (QED) is 0.859. The molecule has 0 bridgehead atoms. The Kier molecular flexibility index (Phi) is 4.97. The molecular weight excluding hydrogens is 254 g/mol. The van der Waals surface area contributed by atoms with E-state index in [1.165, 1.54) is 12.3 Å². The molecule has 6 heteroatoms. The lowest BCUT2D eigenvalue weighted by molar-refractivity contribution is 0.0534. The fourth-order valence-corrected chi connectivity index (χ4v) is 1.18. The second kappa shape index (κ2) is 6.26. The van der Waals surface area contributed by atoms with Gasteiger partial charge in [0.1, 0.15) is 5.60 Å². The molecule has 0 saturated heterocycles. The van der Waals surface area contributed by atoms with E-state index >= 15 is 0 Å². The van der Waals surface area contributed by atoms with Crippen molar-refractivity contribution in [2.45, 2.75) is 26.4 Å². The molecule has 19 heavy (non-hydrogen) atoms. The second-order valence-corrected chi connectivity index (χ2v) is 4.83. The molecule has 0 radical (unpaired) electrons. The van der Waals surface area contributed by atoms with Gasteiger partial charge in [0.2, 0.25) is 5.95 Å². The van der Waals surface area contributed by atoms with E-state index in [1.54, 1.807) is 26.8 Å². The van der Waals surface area contributed by atoms with Crippen molar-refractivity contribution in [1.82, 2.24) is 10.3 Å². The van der Waals surface area contributed by atoms with Crippen LogP contribution in [0.25, 0.3) is 6.08 Å². The van der Waals surface area contributed by atoms with Gasteiger partial charge in [-0.25, -0.2) is 14.2 Å². The van der Waals surface area contributed by atoms with Crippen molar-refractivity contribution in [1.29, 1.82) is 0 Å². The van der Waals surface area contributed by atoms with E-state index in [1.807, 2.05) is 0 Å². The van der Waals surface area contributed by atoms with Crippen molar-refractivity contribution < 1.29 is 18.3 Å². The molecule has 4 nitrogen and oxygen atoms in total. The monoisotopic (exact) mass is 270 g/mol. The summed E-state index contributed by atoms with van der Waals surface area (Å²) in [5.41, 5.74) is -0.150. The number of ether oxygens (including phenoxy) is 1. The van der Waals surface area contributed by atoms with Crippen molar-refractivity contribution in [2.75, 3.05) is 6.54 Å². The highest BCUT2D eigenvalue weighted by molar-refractivity contribution is 5.68. The lowest BCUT2D eigenvalue weighted by Gasteiger charge is -2.19. The van der Waals surface area contributed by atoms with Crippen LogP contribution in [0.1, 0.15) is 26.3 Å². The average molecular weight is 270 g/mol. The minimum atomic E-state index is -1.14. The first-order valence-corrected chi connectivity index (χ1v) is 5.72. The second-order valence-electron chi connectivity index (χ2n) is 4.83. The molecule has 0 aromatic carbocycles. The van der Waals surface area contributed by atoms with Gasteiger partial charge < -0.3 is 10.1 Å². The third-order valence-electron chi connectivity index (χ3n) is 1.89. The van der Waals surface area contributed by atoms with Gasteiger partial charge in [0.05, 0.1) is 0 Å². The molecule has 0 fully saturated rings. The summed E-state index contributed by atoms with van der Waals surface area (Å²) in [6, 6.07) is 1.02. The molecule has 1 N–H and O–H groups in total. The topological polar surface area (TPSA) is 51.2 Å². The third kappa shape index (κ3) is 5.94. The minimum absolute atomic E-state index is 0.216. The van der Waals surface area contributed by atoms with Crippen LogP contribution in [0.5, 0.6) is 0 Å². The van der Waals surface area contributed by atoms with Crippen LogP contribution in [0, 0.1) is 11.8 Å². The van der Waals surface area contributed by atoms with Crippen LogP contribution < -0.4 is 5.32 Å². The van der Waals surface area contributed by atoms with Gasteiger partial charge >= 0.3 is 6.09 Å². The zero-order valence-corrected chi connectivity index (χ0v) is 11.0. The Morgan fingerprint density at radius 3 is 2.74 bits per heavy atom. The smallest absolute Gasteiger partial charge is 0.407 e. The summed E-state index contributed by atoms with van der Waals surface area (Å²) in [5.74, 6) is -2.15. The molecule has 1 aromatic heterocycles. The average Bonchev–Trinajstić information content (AvgIpc) is 2.27. The summed E-state index contributed by atoms with van der Waals surface area (Å²) in [5, 5.41) is 2.50. The lowest BCUT2D eigenvalue weighted by atomic mass is 10.2. The molecule has 1 rings (SSSR count). The zero-order chi connectivity index (χ0) is 14.5. The van der Waals surface area contributed by atoms with Gasteiger partial charge in [-0.2, -0.15) is 4.39 Å². The predicted molar refractivity (Wildman–Crippen MR) is 67.4 cm³/mol. The molecule has 1 amide bonds. The van der Waals surface area contributed by atoms with Crippen LogP contribution in [0.15, 0.2) is 18.3 Å². The number of hydrogen-bond acceptors (Lipinski definition) is 3. The minimum Gasteiger partial charge on any atom is -0.444 e. The Labute approximate surface area is 110 Å². The lowest BCUT2D eigenvalue weighted by Crippen LogP contribution is -2.32. The number of halogens is 2. The number of carbonyl (C=O) groups excluding carboxylic acids is 1. The SMILES string of the molecule is CC(C)(C)OC(=O)NCC=Cc1cnc(F)c(F)c1. The van der Waals surface area contributed by atoms with Gasteiger partial charge in [-0.05, 0) is 32.4 Å². The standard InChI is InChI=1S/C13H16F2N2O2/c1-13(2,3)19-12(18)16-6-4-5-9-7-10(14)11(15)17-8-9/h4-5,7-8H,6H2,1-3H3,(H,16,18). The molecule has 0 saturated carbocycles. The van der Waals surface area contributed by atoms with E-state index in [-0.39, 0.29) is 6.54 Å². The Bertz CT molecular complexity index is 482. The number of nitrogens with one attached hydrogen (secondary N) is 1. The number of carbonyl (C=O) groups is 1. The largest absolute Gasteiger partial charge is 0.444 e. The van der Waals surface area contributed by atoms with Gasteiger partial charge in [-0.1, -0.05) is 12.2 Å².